The highest BCUT2D eigenvalue weighted by Crippen LogP contribution is 2.31. The molecule has 0 aromatic heterocycles. The monoisotopic (exact) mass is 510 g/mol. The zero-order valence-electron chi connectivity index (χ0n) is 17.0. The summed E-state index contributed by atoms with van der Waals surface area (Å²) in [4.78, 5) is 16.3. The van der Waals surface area contributed by atoms with Crippen LogP contribution in [-0.2, 0) is 10.2 Å². The number of amides is 1. The molecule has 2 aromatic carbocycles. The molecule has 0 saturated carbocycles. The van der Waals surface area contributed by atoms with Crippen molar-refractivity contribution in [3.05, 3.63) is 65.5 Å². The van der Waals surface area contributed by atoms with E-state index in [-0.39, 0.29) is 47.0 Å². The number of aliphatic imine (C=N–C) groups is 1. The molecule has 1 aliphatic heterocycles. The predicted octanol–water partition coefficient (Wildman–Crippen LogP) is 4.01. The van der Waals surface area contributed by atoms with Gasteiger partial charge in [-0.05, 0) is 29.3 Å². The van der Waals surface area contributed by atoms with Gasteiger partial charge in [0.1, 0.15) is 5.82 Å². The minimum atomic E-state index is -0.234. The number of carbonyl (C=O) groups is 1. The number of fused-ring (bicyclic) bond motifs is 1. The maximum absolute atomic E-state index is 13.2. The number of rotatable bonds is 5. The molecule has 29 heavy (non-hydrogen) atoms. The van der Waals surface area contributed by atoms with Gasteiger partial charge in [0.25, 0.3) is 0 Å². The van der Waals surface area contributed by atoms with Gasteiger partial charge < -0.3 is 16.0 Å². The molecule has 1 unspecified atom stereocenters. The molecule has 3 rings (SSSR count). The van der Waals surface area contributed by atoms with Crippen molar-refractivity contribution in [1.29, 1.82) is 0 Å². The van der Waals surface area contributed by atoms with Crippen LogP contribution in [-0.4, -0.2) is 32.0 Å². The van der Waals surface area contributed by atoms with Crippen molar-refractivity contribution in [2.24, 2.45) is 4.99 Å². The van der Waals surface area contributed by atoms with E-state index in [1.807, 2.05) is 30.3 Å². The van der Waals surface area contributed by atoms with E-state index in [4.69, 9.17) is 0 Å². The summed E-state index contributed by atoms with van der Waals surface area (Å²) in [5.41, 5.74) is 2.88. The third-order valence-electron chi connectivity index (χ3n) is 5.17. The first-order valence-corrected chi connectivity index (χ1v) is 9.48. The fourth-order valence-corrected chi connectivity index (χ4v) is 3.43. The Balaban J connectivity index is 0.00000300. The molecule has 0 radical (unpaired) electrons. The molecule has 1 amide bonds. The summed E-state index contributed by atoms with van der Waals surface area (Å²) in [5.74, 6) is 0.569. The SMILES string of the molecule is CN=C(NCC1CC(=O)Nc2ccccc21)NCC(C)(C)c1ccc(F)cc1.I. The first kappa shape index (κ1) is 23.1. The maximum atomic E-state index is 13.2. The molecule has 5 nitrogen and oxygen atoms in total. The lowest BCUT2D eigenvalue weighted by atomic mass is 9.84. The van der Waals surface area contributed by atoms with E-state index in [0.29, 0.717) is 25.5 Å². The lowest BCUT2D eigenvalue weighted by Crippen LogP contribution is -2.45. The standard InChI is InChI=1S/C22H27FN4O.HI/c1-22(2,16-8-10-17(23)11-9-16)14-26-21(24-3)25-13-15-12-20(28)27-19-7-5-4-6-18(15)19;/h4-11,15H,12-14H2,1-3H3,(H,27,28)(H2,24,25,26);1H. The molecule has 0 aliphatic carbocycles. The molecule has 2 aromatic rings. The number of carbonyl (C=O) groups excluding carboxylic acids is 1. The molecule has 0 bridgehead atoms. The summed E-state index contributed by atoms with van der Waals surface area (Å²) < 4.78 is 13.2. The van der Waals surface area contributed by atoms with E-state index in [0.717, 1.165) is 16.8 Å². The Hall–Kier alpha value is -2.16. The zero-order valence-corrected chi connectivity index (χ0v) is 19.3. The van der Waals surface area contributed by atoms with Gasteiger partial charge in [0, 0.05) is 43.6 Å². The van der Waals surface area contributed by atoms with Crippen LogP contribution >= 0.6 is 24.0 Å². The Kier molecular flexibility index (Phi) is 8.01. The average molecular weight is 510 g/mol. The van der Waals surface area contributed by atoms with Crippen LogP contribution in [0.5, 0.6) is 0 Å². The van der Waals surface area contributed by atoms with Crippen molar-refractivity contribution in [2.75, 3.05) is 25.5 Å². The minimum absolute atomic E-state index is 0. The second-order valence-electron chi connectivity index (χ2n) is 7.73. The predicted molar refractivity (Wildman–Crippen MR) is 127 cm³/mol. The van der Waals surface area contributed by atoms with Crippen LogP contribution in [0, 0.1) is 5.82 Å². The first-order chi connectivity index (χ1) is 13.4. The highest BCUT2D eigenvalue weighted by molar-refractivity contribution is 14.0. The molecule has 3 N–H and O–H groups in total. The fourth-order valence-electron chi connectivity index (χ4n) is 3.43. The number of anilines is 1. The Morgan fingerprint density at radius 3 is 2.55 bits per heavy atom. The summed E-state index contributed by atoms with van der Waals surface area (Å²) in [6.45, 7) is 5.45. The molecule has 0 saturated heterocycles. The molecule has 156 valence electrons. The number of halogens is 2. The van der Waals surface area contributed by atoms with Crippen LogP contribution < -0.4 is 16.0 Å². The summed E-state index contributed by atoms with van der Waals surface area (Å²) in [7, 11) is 1.72. The third kappa shape index (κ3) is 5.91. The van der Waals surface area contributed by atoms with Crippen LogP contribution in [0.2, 0.25) is 0 Å². The van der Waals surface area contributed by atoms with Gasteiger partial charge in [0.2, 0.25) is 5.91 Å². The Labute approximate surface area is 188 Å². The molecular weight excluding hydrogens is 482 g/mol. The van der Waals surface area contributed by atoms with Crippen LogP contribution in [0.1, 0.15) is 37.3 Å². The fraction of sp³-hybridized carbons (Fsp3) is 0.364. The lowest BCUT2D eigenvalue weighted by molar-refractivity contribution is -0.116. The van der Waals surface area contributed by atoms with Crippen molar-refractivity contribution in [1.82, 2.24) is 10.6 Å². The molecule has 1 atom stereocenters. The van der Waals surface area contributed by atoms with Gasteiger partial charge in [-0.25, -0.2) is 4.39 Å². The number of nitrogens with zero attached hydrogens (tertiary/aromatic N) is 1. The molecule has 1 heterocycles. The Morgan fingerprint density at radius 2 is 1.86 bits per heavy atom. The van der Waals surface area contributed by atoms with E-state index in [1.54, 1.807) is 7.05 Å². The minimum Gasteiger partial charge on any atom is -0.356 e. The number of guanidine groups is 1. The molecular formula is C22H28FIN4O. The lowest BCUT2D eigenvalue weighted by Gasteiger charge is -2.28. The summed E-state index contributed by atoms with van der Waals surface area (Å²) >= 11 is 0. The van der Waals surface area contributed by atoms with Crippen molar-refractivity contribution in [3.8, 4) is 0 Å². The van der Waals surface area contributed by atoms with Gasteiger partial charge in [-0.2, -0.15) is 0 Å². The van der Waals surface area contributed by atoms with Gasteiger partial charge in [0.05, 0.1) is 0 Å². The molecule has 0 fully saturated rings. The third-order valence-corrected chi connectivity index (χ3v) is 5.17. The quantitative estimate of drug-likeness (QED) is 0.324. The van der Waals surface area contributed by atoms with Crippen LogP contribution in [0.3, 0.4) is 0 Å². The molecule has 1 aliphatic rings. The highest BCUT2D eigenvalue weighted by atomic mass is 127. The van der Waals surface area contributed by atoms with Gasteiger partial charge in [-0.15, -0.1) is 24.0 Å². The van der Waals surface area contributed by atoms with E-state index in [2.05, 4.69) is 40.9 Å². The van der Waals surface area contributed by atoms with Crippen molar-refractivity contribution in [2.45, 2.75) is 31.6 Å². The van der Waals surface area contributed by atoms with Gasteiger partial charge in [0.15, 0.2) is 5.96 Å². The Morgan fingerprint density at radius 1 is 1.17 bits per heavy atom. The number of benzene rings is 2. The Bertz CT molecular complexity index is 867. The zero-order chi connectivity index (χ0) is 20.1. The van der Waals surface area contributed by atoms with Crippen molar-refractivity contribution >= 4 is 41.5 Å². The second kappa shape index (κ2) is 10.0. The van der Waals surface area contributed by atoms with Crippen LogP contribution in [0.25, 0.3) is 0 Å². The van der Waals surface area contributed by atoms with Gasteiger partial charge >= 0.3 is 0 Å². The van der Waals surface area contributed by atoms with Crippen LogP contribution in [0.4, 0.5) is 10.1 Å². The highest BCUT2D eigenvalue weighted by Gasteiger charge is 2.25. The average Bonchev–Trinajstić information content (AvgIpc) is 2.68. The van der Waals surface area contributed by atoms with Crippen molar-refractivity contribution < 1.29 is 9.18 Å². The smallest absolute Gasteiger partial charge is 0.225 e. The van der Waals surface area contributed by atoms with Gasteiger partial charge in [-0.3, -0.25) is 9.79 Å². The van der Waals surface area contributed by atoms with E-state index >= 15 is 0 Å². The largest absolute Gasteiger partial charge is 0.356 e. The summed E-state index contributed by atoms with van der Waals surface area (Å²) in [6, 6.07) is 14.5. The molecule has 7 heteroatoms. The normalized spacial score (nSPS) is 16.3. The number of para-hydroxylation sites is 1. The van der Waals surface area contributed by atoms with Crippen molar-refractivity contribution in [3.63, 3.8) is 0 Å². The van der Waals surface area contributed by atoms with Crippen LogP contribution in [0.15, 0.2) is 53.5 Å². The van der Waals surface area contributed by atoms with E-state index in [9.17, 15) is 9.18 Å². The number of nitrogens with one attached hydrogen (secondary N) is 3. The number of hydrogen-bond donors (Lipinski definition) is 3. The summed E-state index contributed by atoms with van der Waals surface area (Å²) in [5, 5.41) is 9.59. The topological polar surface area (TPSA) is 65.5 Å². The number of hydrogen-bond acceptors (Lipinski definition) is 2. The van der Waals surface area contributed by atoms with Gasteiger partial charge in [-0.1, -0.05) is 44.2 Å². The van der Waals surface area contributed by atoms with E-state index < -0.39 is 0 Å². The summed E-state index contributed by atoms with van der Waals surface area (Å²) in [6.07, 6.45) is 0.447. The first-order valence-electron chi connectivity index (χ1n) is 9.48. The second-order valence-corrected chi connectivity index (χ2v) is 7.73. The maximum Gasteiger partial charge on any atom is 0.225 e. The van der Waals surface area contributed by atoms with E-state index in [1.165, 1.54) is 12.1 Å². The molecule has 0 spiro atoms.